The molecule has 5 nitrogen and oxygen atoms in total. The van der Waals surface area contributed by atoms with Gasteiger partial charge >= 0.3 is 0 Å². The van der Waals surface area contributed by atoms with E-state index in [4.69, 9.17) is 0 Å². The molecule has 0 fully saturated rings. The first-order chi connectivity index (χ1) is 7.89. The molecular formula is C9H13F2N3O2S. The molecule has 96 valence electrons. The fraction of sp³-hybridized carbons (Fsp3) is 0.444. The van der Waals surface area contributed by atoms with Gasteiger partial charge < -0.3 is 5.32 Å². The number of rotatable bonds is 5. The third kappa shape index (κ3) is 3.10. The smallest absolute Gasteiger partial charge is 0.262 e. The fourth-order valence-corrected chi connectivity index (χ4v) is 2.47. The maximum atomic E-state index is 12.2. The molecule has 1 heterocycles. The first-order valence-corrected chi connectivity index (χ1v) is 6.21. The molecule has 0 spiro atoms. The molecule has 1 rings (SSSR count). The lowest BCUT2D eigenvalue weighted by Crippen LogP contribution is -2.32. The molecule has 0 atom stereocenters. The number of alkyl halides is 2. The molecule has 0 saturated carbocycles. The number of sulfonamides is 1. The summed E-state index contributed by atoms with van der Waals surface area (Å²) in [7, 11) is -1.37. The maximum absolute atomic E-state index is 12.2. The van der Waals surface area contributed by atoms with Crippen LogP contribution in [0.15, 0.2) is 23.4 Å². The minimum Gasteiger partial charge on any atom is -0.386 e. The van der Waals surface area contributed by atoms with Crippen LogP contribution in [0.5, 0.6) is 0 Å². The van der Waals surface area contributed by atoms with Gasteiger partial charge in [0, 0.05) is 20.3 Å². The van der Waals surface area contributed by atoms with Crippen molar-refractivity contribution in [2.75, 3.05) is 26.0 Å². The van der Waals surface area contributed by atoms with Gasteiger partial charge in [-0.15, -0.1) is 0 Å². The zero-order valence-corrected chi connectivity index (χ0v) is 10.2. The van der Waals surface area contributed by atoms with Crippen LogP contribution in [0.2, 0.25) is 0 Å². The highest BCUT2D eigenvalue weighted by Gasteiger charge is 2.27. The zero-order chi connectivity index (χ0) is 13.1. The van der Waals surface area contributed by atoms with E-state index in [1.807, 2.05) is 0 Å². The molecule has 0 amide bonds. The molecule has 1 N–H and O–H groups in total. The van der Waals surface area contributed by atoms with Crippen molar-refractivity contribution in [2.45, 2.75) is 11.5 Å². The van der Waals surface area contributed by atoms with Crippen molar-refractivity contribution in [2.24, 2.45) is 0 Å². The third-order valence-corrected chi connectivity index (χ3v) is 3.87. The number of nitrogens with zero attached hydrogens (tertiary/aromatic N) is 2. The largest absolute Gasteiger partial charge is 0.386 e. The summed E-state index contributed by atoms with van der Waals surface area (Å²) in [4.78, 5) is 3.71. The van der Waals surface area contributed by atoms with Crippen molar-refractivity contribution >= 4 is 15.7 Å². The summed E-state index contributed by atoms with van der Waals surface area (Å²) >= 11 is 0. The Morgan fingerprint density at radius 2 is 2.18 bits per heavy atom. The third-order valence-electron chi connectivity index (χ3n) is 2.09. The number of aromatic nitrogens is 1. The Morgan fingerprint density at radius 3 is 2.71 bits per heavy atom. The molecule has 0 aliphatic carbocycles. The van der Waals surface area contributed by atoms with E-state index in [1.54, 1.807) is 6.07 Å². The highest BCUT2D eigenvalue weighted by atomic mass is 32.2. The van der Waals surface area contributed by atoms with Gasteiger partial charge in [0.25, 0.3) is 16.4 Å². The van der Waals surface area contributed by atoms with Gasteiger partial charge in [-0.2, -0.15) is 4.31 Å². The van der Waals surface area contributed by atoms with Crippen molar-refractivity contribution in [3.05, 3.63) is 18.3 Å². The first-order valence-electron chi connectivity index (χ1n) is 4.77. The highest BCUT2D eigenvalue weighted by molar-refractivity contribution is 7.89. The van der Waals surface area contributed by atoms with E-state index in [9.17, 15) is 17.2 Å². The van der Waals surface area contributed by atoms with Crippen molar-refractivity contribution in [3.8, 4) is 0 Å². The first kappa shape index (κ1) is 13.8. The molecule has 0 aliphatic rings. The van der Waals surface area contributed by atoms with E-state index in [2.05, 4.69) is 10.3 Å². The minimum atomic E-state index is -4.00. The average Bonchev–Trinajstić information content (AvgIpc) is 2.28. The number of anilines is 1. The van der Waals surface area contributed by atoms with Gasteiger partial charge in [-0.3, -0.25) is 0 Å². The quantitative estimate of drug-likeness (QED) is 0.863. The lowest BCUT2D eigenvalue weighted by Gasteiger charge is -2.17. The Bertz CT molecular complexity index is 479. The Morgan fingerprint density at radius 1 is 1.53 bits per heavy atom. The molecule has 0 aliphatic heterocycles. The summed E-state index contributed by atoms with van der Waals surface area (Å²) in [5.41, 5.74) is 0.272. The molecule has 1 aromatic heterocycles. The number of hydrogen-bond acceptors (Lipinski definition) is 4. The van der Waals surface area contributed by atoms with Crippen LogP contribution >= 0.6 is 0 Å². The summed E-state index contributed by atoms with van der Waals surface area (Å²) < 4.78 is 48.8. The molecule has 0 radical (unpaired) electrons. The van der Waals surface area contributed by atoms with Crippen LogP contribution in [0, 0.1) is 0 Å². The molecule has 0 unspecified atom stereocenters. The standard InChI is InChI=1S/C9H13F2N3O2S/c1-12-7-4-3-5-13-9(7)17(15,16)14(2)6-8(10)11/h3-5,8,12H,6H2,1-2H3. The lowest BCUT2D eigenvalue weighted by atomic mass is 10.4. The molecular weight excluding hydrogens is 252 g/mol. The molecule has 0 bridgehead atoms. The maximum Gasteiger partial charge on any atom is 0.262 e. The van der Waals surface area contributed by atoms with E-state index in [-0.39, 0.29) is 10.7 Å². The van der Waals surface area contributed by atoms with E-state index in [1.165, 1.54) is 19.3 Å². The Hall–Kier alpha value is -1.28. The SMILES string of the molecule is CNc1cccnc1S(=O)(=O)N(C)CC(F)F. The minimum absolute atomic E-state index is 0.259. The normalized spacial score (nSPS) is 12.1. The fourth-order valence-electron chi connectivity index (χ4n) is 1.23. The second kappa shape index (κ2) is 5.37. The summed E-state index contributed by atoms with van der Waals surface area (Å²) in [5, 5.41) is 2.40. The monoisotopic (exact) mass is 265 g/mol. The topological polar surface area (TPSA) is 62.3 Å². The summed E-state index contributed by atoms with van der Waals surface area (Å²) in [6.45, 7) is -0.859. The van der Waals surface area contributed by atoms with E-state index in [0.717, 1.165) is 7.05 Å². The van der Waals surface area contributed by atoms with Crippen LogP contribution in [0.25, 0.3) is 0 Å². The number of hydrogen-bond donors (Lipinski definition) is 1. The van der Waals surface area contributed by atoms with Crippen LogP contribution in [0.3, 0.4) is 0 Å². The number of pyridine rings is 1. The Balaban J connectivity index is 3.13. The second-order valence-corrected chi connectivity index (χ2v) is 5.24. The predicted molar refractivity (Wildman–Crippen MR) is 59.6 cm³/mol. The van der Waals surface area contributed by atoms with Gasteiger partial charge in [-0.25, -0.2) is 22.2 Å². The van der Waals surface area contributed by atoms with Crippen LogP contribution in [0.4, 0.5) is 14.5 Å². The average molecular weight is 265 g/mol. The summed E-state index contributed by atoms with van der Waals surface area (Å²) in [6, 6.07) is 3.06. The molecule has 0 aromatic carbocycles. The Labute approximate surface area is 98.5 Å². The van der Waals surface area contributed by atoms with Gasteiger partial charge in [-0.1, -0.05) is 0 Å². The van der Waals surface area contributed by atoms with Gasteiger partial charge in [0.2, 0.25) is 0 Å². The highest BCUT2D eigenvalue weighted by Crippen LogP contribution is 2.20. The van der Waals surface area contributed by atoms with Gasteiger partial charge in [-0.05, 0) is 12.1 Å². The van der Waals surface area contributed by atoms with Crippen molar-refractivity contribution in [1.82, 2.24) is 9.29 Å². The summed E-state index contributed by atoms with van der Waals surface area (Å²) in [5.74, 6) is 0. The molecule has 1 aromatic rings. The number of nitrogens with one attached hydrogen (secondary N) is 1. The van der Waals surface area contributed by atoms with Crippen LogP contribution < -0.4 is 5.32 Å². The molecule has 17 heavy (non-hydrogen) atoms. The number of halogens is 2. The van der Waals surface area contributed by atoms with Gasteiger partial charge in [0.15, 0.2) is 5.03 Å². The van der Waals surface area contributed by atoms with Crippen molar-refractivity contribution in [3.63, 3.8) is 0 Å². The van der Waals surface area contributed by atoms with Crippen LogP contribution in [-0.4, -0.2) is 44.8 Å². The van der Waals surface area contributed by atoms with Gasteiger partial charge in [0.05, 0.1) is 12.2 Å². The molecule has 0 saturated heterocycles. The predicted octanol–water partition coefficient (Wildman–Crippen LogP) is 1.01. The van der Waals surface area contributed by atoms with Gasteiger partial charge in [0.1, 0.15) is 0 Å². The second-order valence-electron chi connectivity index (χ2n) is 3.28. The van der Waals surface area contributed by atoms with Crippen LogP contribution in [0.1, 0.15) is 0 Å². The Kier molecular flexibility index (Phi) is 4.35. The van der Waals surface area contributed by atoms with E-state index in [0.29, 0.717) is 4.31 Å². The van der Waals surface area contributed by atoms with E-state index < -0.39 is 23.0 Å². The van der Waals surface area contributed by atoms with E-state index >= 15 is 0 Å². The zero-order valence-electron chi connectivity index (χ0n) is 9.39. The lowest BCUT2D eigenvalue weighted by molar-refractivity contribution is 0.126. The summed E-state index contributed by atoms with van der Waals surface area (Å²) in [6.07, 6.45) is -1.43. The van der Waals surface area contributed by atoms with Crippen molar-refractivity contribution < 1.29 is 17.2 Å². The van der Waals surface area contributed by atoms with Crippen molar-refractivity contribution in [1.29, 1.82) is 0 Å². The molecule has 8 heteroatoms. The van der Waals surface area contributed by atoms with Crippen LogP contribution in [-0.2, 0) is 10.0 Å².